The Morgan fingerprint density at radius 3 is 2.43 bits per heavy atom. The third-order valence-corrected chi connectivity index (χ3v) is 6.46. The van der Waals surface area contributed by atoms with E-state index in [9.17, 15) is 4.79 Å². The Bertz CT molecular complexity index is 841. The number of benzene rings is 1. The van der Waals surface area contributed by atoms with Crippen LogP contribution in [0.15, 0.2) is 42.6 Å². The molecule has 2 aliphatic rings. The fraction of sp³-hybridized carbons (Fsp3) is 0.478. The molecule has 2 atom stereocenters. The van der Waals surface area contributed by atoms with E-state index in [0.29, 0.717) is 17.0 Å². The van der Waals surface area contributed by atoms with Crippen molar-refractivity contribution < 1.29 is 4.79 Å². The van der Waals surface area contributed by atoms with E-state index in [0.717, 1.165) is 50.2 Å². The summed E-state index contributed by atoms with van der Waals surface area (Å²) in [5, 5.41) is 0.683. The van der Waals surface area contributed by atoms with Crippen LogP contribution in [-0.2, 0) is 4.79 Å². The number of carbonyl (C=O) groups excluding carboxylic acids is 1. The lowest BCUT2D eigenvalue weighted by Crippen LogP contribution is -2.44. The first-order chi connectivity index (χ1) is 14.5. The molecule has 1 aromatic carbocycles. The molecule has 6 nitrogen and oxygen atoms in total. The van der Waals surface area contributed by atoms with E-state index in [-0.39, 0.29) is 11.9 Å². The first kappa shape index (κ1) is 21.2. The number of halogens is 1. The van der Waals surface area contributed by atoms with Gasteiger partial charge in [0.1, 0.15) is 6.04 Å². The van der Waals surface area contributed by atoms with Gasteiger partial charge in [-0.15, -0.1) is 0 Å². The third-order valence-electron chi connectivity index (χ3n) is 6.21. The molecule has 1 amide bonds. The maximum Gasteiger partial charge on any atom is 0.244 e. The number of amides is 1. The standard InChI is InChI=1S/C23H30ClN5O/c1-28(2)22(17-3-6-19(24)7-4-17)23(30)29-13-10-16(11-14-29)20-8-5-18(15-25-20)21-9-12-26-27-21/h3-8,15-16,21-22,26-27H,9-14H2,1-2H3. The second-order valence-corrected chi connectivity index (χ2v) is 8.88. The summed E-state index contributed by atoms with van der Waals surface area (Å²) in [6.07, 6.45) is 4.98. The number of aromatic nitrogens is 1. The van der Waals surface area contributed by atoms with Crippen LogP contribution in [0.25, 0.3) is 0 Å². The molecule has 2 aliphatic heterocycles. The van der Waals surface area contributed by atoms with Crippen LogP contribution in [0.4, 0.5) is 0 Å². The molecule has 2 aromatic rings. The maximum absolute atomic E-state index is 13.3. The van der Waals surface area contributed by atoms with Crippen LogP contribution in [0.5, 0.6) is 0 Å². The molecule has 0 radical (unpaired) electrons. The highest BCUT2D eigenvalue weighted by Gasteiger charge is 2.31. The summed E-state index contributed by atoms with van der Waals surface area (Å²) < 4.78 is 0. The zero-order valence-electron chi connectivity index (χ0n) is 17.6. The number of likely N-dealkylation sites (tertiary alicyclic amines) is 1. The molecule has 0 saturated carbocycles. The second-order valence-electron chi connectivity index (χ2n) is 8.45. The molecule has 0 bridgehead atoms. The fourth-order valence-electron chi connectivity index (χ4n) is 4.47. The van der Waals surface area contributed by atoms with E-state index >= 15 is 0 Å². The van der Waals surface area contributed by atoms with Crippen LogP contribution in [0.1, 0.15) is 54.1 Å². The van der Waals surface area contributed by atoms with Crippen molar-refractivity contribution in [2.24, 2.45) is 0 Å². The van der Waals surface area contributed by atoms with E-state index in [1.807, 2.05) is 54.4 Å². The van der Waals surface area contributed by atoms with Gasteiger partial charge in [0, 0.05) is 48.5 Å². The number of hydrogen-bond acceptors (Lipinski definition) is 5. The van der Waals surface area contributed by atoms with Crippen LogP contribution in [0, 0.1) is 0 Å². The highest BCUT2D eigenvalue weighted by Crippen LogP contribution is 2.30. The predicted octanol–water partition coefficient (Wildman–Crippen LogP) is 3.28. The van der Waals surface area contributed by atoms with Crippen molar-refractivity contribution in [2.75, 3.05) is 33.7 Å². The number of pyridine rings is 1. The highest BCUT2D eigenvalue weighted by atomic mass is 35.5. The van der Waals surface area contributed by atoms with E-state index in [1.54, 1.807) is 0 Å². The van der Waals surface area contributed by atoms with E-state index in [1.165, 1.54) is 5.56 Å². The Morgan fingerprint density at radius 2 is 1.87 bits per heavy atom. The normalized spacial score (nSPS) is 21.2. The molecule has 1 aromatic heterocycles. The number of likely N-dealkylation sites (N-methyl/N-ethyl adjacent to an activating group) is 1. The Kier molecular flexibility index (Phi) is 6.68. The minimum absolute atomic E-state index is 0.156. The lowest BCUT2D eigenvalue weighted by molar-refractivity contribution is -0.137. The molecule has 0 aliphatic carbocycles. The predicted molar refractivity (Wildman–Crippen MR) is 119 cm³/mol. The summed E-state index contributed by atoms with van der Waals surface area (Å²) in [6.45, 7) is 2.51. The number of hydrogen-bond donors (Lipinski definition) is 2. The van der Waals surface area contributed by atoms with Crippen LogP contribution >= 0.6 is 11.6 Å². The van der Waals surface area contributed by atoms with E-state index in [4.69, 9.17) is 16.6 Å². The van der Waals surface area contributed by atoms with E-state index in [2.05, 4.69) is 23.0 Å². The van der Waals surface area contributed by atoms with Gasteiger partial charge in [-0.2, -0.15) is 0 Å². The molecule has 0 spiro atoms. The smallest absolute Gasteiger partial charge is 0.244 e. The summed E-state index contributed by atoms with van der Waals surface area (Å²) >= 11 is 6.02. The van der Waals surface area contributed by atoms with Gasteiger partial charge in [-0.1, -0.05) is 29.8 Å². The van der Waals surface area contributed by atoms with Gasteiger partial charge in [0.2, 0.25) is 5.91 Å². The van der Waals surface area contributed by atoms with Gasteiger partial charge in [0.15, 0.2) is 0 Å². The largest absolute Gasteiger partial charge is 0.341 e. The van der Waals surface area contributed by atoms with Crippen LogP contribution in [0.3, 0.4) is 0 Å². The molecule has 3 heterocycles. The van der Waals surface area contributed by atoms with Crippen LogP contribution in [-0.4, -0.2) is 54.4 Å². The Balaban J connectivity index is 1.38. The van der Waals surface area contributed by atoms with Crippen LogP contribution in [0.2, 0.25) is 5.02 Å². The van der Waals surface area contributed by atoms with Gasteiger partial charge < -0.3 is 4.90 Å². The zero-order valence-corrected chi connectivity index (χ0v) is 18.4. The average molecular weight is 428 g/mol. The molecule has 2 fully saturated rings. The molecule has 2 N–H and O–H groups in total. The number of piperidine rings is 1. The SMILES string of the molecule is CN(C)C(C(=O)N1CCC(c2ccc(C3CCNN3)cn2)CC1)c1ccc(Cl)cc1. The fourth-order valence-corrected chi connectivity index (χ4v) is 4.60. The lowest BCUT2D eigenvalue weighted by atomic mass is 9.91. The lowest BCUT2D eigenvalue weighted by Gasteiger charge is -2.36. The summed E-state index contributed by atoms with van der Waals surface area (Å²) in [6, 6.07) is 12.0. The summed E-state index contributed by atoms with van der Waals surface area (Å²) in [4.78, 5) is 22.0. The second kappa shape index (κ2) is 9.43. The van der Waals surface area contributed by atoms with Gasteiger partial charge in [-0.25, -0.2) is 0 Å². The number of carbonyl (C=O) groups is 1. The molecule has 2 unspecified atom stereocenters. The van der Waals surface area contributed by atoms with Gasteiger partial charge in [0.25, 0.3) is 0 Å². The summed E-state index contributed by atoms with van der Waals surface area (Å²) in [5.74, 6) is 0.565. The summed E-state index contributed by atoms with van der Waals surface area (Å²) in [7, 11) is 3.90. The molecular formula is C23H30ClN5O. The number of nitrogens with one attached hydrogen (secondary N) is 2. The number of rotatable bonds is 5. The van der Waals surface area contributed by atoms with Crippen molar-refractivity contribution in [1.29, 1.82) is 0 Å². The molecule has 4 rings (SSSR count). The van der Waals surface area contributed by atoms with E-state index < -0.39 is 0 Å². The molecule has 2 saturated heterocycles. The monoisotopic (exact) mass is 427 g/mol. The van der Waals surface area contributed by atoms with Gasteiger partial charge >= 0.3 is 0 Å². The first-order valence-corrected chi connectivity index (χ1v) is 11.1. The molecular weight excluding hydrogens is 398 g/mol. The van der Waals surface area contributed by atoms with Crippen molar-refractivity contribution in [1.82, 2.24) is 25.6 Å². The van der Waals surface area contributed by atoms with Crippen molar-refractivity contribution in [3.8, 4) is 0 Å². The third kappa shape index (κ3) is 4.67. The molecule has 30 heavy (non-hydrogen) atoms. The van der Waals surface area contributed by atoms with Crippen molar-refractivity contribution in [3.05, 3.63) is 64.4 Å². The topological polar surface area (TPSA) is 60.5 Å². The minimum atomic E-state index is -0.288. The van der Waals surface area contributed by atoms with Gasteiger partial charge in [0.05, 0.1) is 0 Å². The highest BCUT2D eigenvalue weighted by molar-refractivity contribution is 6.30. The van der Waals surface area contributed by atoms with Crippen molar-refractivity contribution in [2.45, 2.75) is 37.3 Å². The number of nitrogens with zero attached hydrogens (tertiary/aromatic N) is 3. The maximum atomic E-state index is 13.3. The van der Waals surface area contributed by atoms with Crippen molar-refractivity contribution in [3.63, 3.8) is 0 Å². The number of hydrazine groups is 1. The quantitative estimate of drug-likeness (QED) is 0.766. The molecule has 160 valence electrons. The Labute approximate surface area is 183 Å². The van der Waals surface area contributed by atoms with Crippen molar-refractivity contribution >= 4 is 17.5 Å². The van der Waals surface area contributed by atoms with Gasteiger partial charge in [-0.05, 0) is 62.7 Å². The Morgan fingerprint density at radius 1 is 1.13 bits per heavy atom. The summed E-state index contributed by atoms with van der Waals surface area (Å²) in [5.41, 5.74) is 9.79. The van der Waals surface area contributed by atoms with Crippen LogP contribution < -0.4 is 10.9 Å². The van der Waals surface area contributed by atoms with Gasteiger partial charge in [-0.3, -0.25) is 25.5 Å². The zero-order chi connectivity index (χ0) is 21.1. The Hall–Kier alpha value is -1.99. The first-order valence-electron chi connectivity index (χ1n) is 10.7. The average Bonchev–Trinajstić information content (AvgIpc) is 3.30. The minimum Gasteiger partial charge on any atom is -0.341 e. The molecule has 7 heteroatoms.